The molecule has 1 aliphatic heterocycles. The molecule has 7 heteroatoms. The number of ether oxygens (including phenoxy) is 1. The van der Waals surface area contributed by atoms with Crippen molar-refractivity contribution in [3.05, 3.63) is 43.0 Å². The molecule has 0 radical (unpaired) electrons. The summed E-state index contributed by atoms with van der Waals surface area (Å²) in [6, 6.07) is 8.19. The zero-order valence-electron chi connectivity index (χ0n) is 13.0. The minimum Gasteiger partial charge on any atom is -0.497 e. The van der Waals surface area contributed by atoms with E-state index in [1.54, 1.807) is 19.6 Å². The summed E-state index contributed by atoms with van der Waals surface area (Å²) < 4.78 is 7.21. The van der Waals surface area contributed by atoms with E-state index in [2.05, 4.69) is 37.1 Å². The van der Waals surface area contributed by atoms with E-state index in [0.29, 0.717) is 0 Å². The number of hydrogen-bond acceptors (Lipinski definition) is 6. The van der Waals surface area contributed by atoms with Crippen LogP contribution >= 0.6 is 0 Å². The maximum Gasteiger partial charge on any atom is 0.203 e. The second-order valence-corrected chi connectivity index (χ2v) is 5.49. The van der Waals surface area contributed by atoms with Crippen LogP contribution in [-0.4, -0.2) is 52.9 Å². The molecule has 1 saturated heterocycles. The van der Waals surface area contributed by atoms with Gasteiger partial charge in [-0.05, 0) is 12.1 Å². The number of fused-ring (bicyclic) bond motifs is 1. The number of aromatic nitrogens is 4. The molecular weight excluding hydrogens is 292 g/mol. The third kappa shape index (κ3) is 2.54. The average Bonchev–Trinajstić information content (AvgIpc) is 3.11. The zero-order chi connectivity index (χ0) is 15.6. The van der Waals surface area contributed by atoms with Crippen LogP contribution in [0.5, 0.6) is 5.75 Å². The van der Waals surface area contributed by atoms with E-state index in [0.717, 1.165) is 43.4 Å². The van der Waals surface area contributed by atoms with Gasteiger partial charge in [0.1, 0.15) is 12.1 Å². The van der Waals surface area contributed by atoms with Gasteiger partial charge in [0, 0.05) is 50.3 Å². The second kappa shape index (κ2) is 5.75. The summed E-state index contributed by atoms with van der Waals surface area (Å²) in [5.41, 5.74) is 2.00. The fourth-order valence-corrected chi connectivity index (χ4v) is 2.95. The Labute approximate surface area is 134 Å². The summed E-state index contributed by atoms with van der Waals surface area (Å²) in [7, 11) is 1.70. The fraction of sp³-hybridized carbons (Fsp3) is 0.312. The molecule has 1 aliphatic rings. The van der Waals surface area contributed by atoms with Crippen LogP contribution in [0.4, 0.5) is 11.5 Å². The first-order chi connectivity index (χ1) is 11.3. The van der Waals surface area contributed by atoms with Gasteiger partial charge in [-0.25, -0.2) is 4.98 Å². The van der Waals surface area contributed by atoms with Gasteiger partial charge in [-0.3, -0.25) is 4.40 Å². The maximum absolute atomic E-state index is 5.31. The third-order valence-corrected chi connectivity index (χ3v) is 4.19. The van der Waals surface area contributed by atoms with Crippen LogP contribution in [0, 0.1) is 0 Å². The Hall–Kier alpha value is -2.83. The molecule has 2 aromatic heterocycles. The molecule has 1 fully saturated rings. The van der Waals surface area contributed by atoms with Crippen molar-refractivity contribution in [3.8, 4) is 5.75 Å². The van der Waals surface area contributed by atoms with Crippen LogP contribution in [0.3, 0.4) is 0 Å². The molecule has 0 aliphatic carbocycles. The highest BCUT2D eigenvalue weighted by Crippen LogP contribution is 2.24. The van der Waals surface area contributed by atoms with Crippen LogP contribution in [0.1, 0.15) is 0 Å². The largest absolute Gasteiger partial charge is 0.497 e. The van der Waals surface area contributed by atoms with Crippen LogP contribution in [-0.2, 0) is 0 Å². The maximum atomic E-state index is 5.31. The van der Waals surface area contributed by atoms with E-state index in [1.165, 1.54) is 5.69 Å². The second-order valence-electron chi connectivity index (χ2n) is 5.49. The quantitative estimate of drug-likeness (QED) is 0.730. The third-order valence-electron chi connectivity index (χ3n) is 4.19. The Morgan fingerprint density at radius 3 is 2.74 bits per heavy atom. The SMILES string of the molecule is COc1cccc(N2CCN(c3nccn4cnnc34)CC2)c1. The molecule has 0 unspecified atom stereocenters. The van der Waals surface area contributed by atoms with Crippen LogP contribution in [0.2, 0.25) is 0 Å². The average molecular weight is 310 g/mol. The molecule has 0 spiro atoms. The van der Waals surface area contributed by atoms with E-state index < -0.39 is 0 Å². The first kappa shape index (κ1) is 13.8. The Balaban J connectivity index is 1.51. The number of nitrogens with zero attached hydrogens (tertiary/aromatic N) is 6. The monoisotopic (exact) mass is 310 g/mol. The molecule has 0 bridgehead atoms. The van der Waals surface area contributed by atoms with E-state index >= 15 is 0 Å². The molecule has 0 amide bonds. The number of anilines is 2. The number of benzene rings is 1. The molecular formula is C16H18N6O. The lowest BCUT2D eigenvalue weighted by Crippen LogP contribution is -2.47. The molecule has 0 saturated carbocycles. The fourth-order valence-electron chi connectivity index (χ4n) is 2.95. The van der Waals surface area contributed by atoms with E-state index in [1.807, 2.05) is 22.7 Å². The van der Waals surface area contributed by atoms with Gasteiger partial charge in [0.25, 0.3) is 0 Å². The molecule has 0 N–H and O–H groups in total. The van der Waals surface area contributed by atoms with Gasteiger partial charge in [-0.1, -0.05) is 6.07 Å². The molecule has 1 aromatic carbocycles. The standard InChI is InChI=1S/C16H18N6O/c1-23-14-4-2-3-13(11-14)20-7-9-21(10-8-20)15-16-19-18-12-22(16)6-5-17-15/h2-6,11-12H,7-10H2,1H3. The number of piperazine rings is 1. The van der Waals surface area contributed by atoms with Gasteiger partial charge in [0.05, 0.1) is 7.11 Å². The van der Waals surface area contributed by atoms with Gasteiger partial charge < -0.3 is 14.5 Å². The van der Waals surface area contributed by atoms with Crippen molar-refractivity contribution in [2.75, 3.05) is 43.1 Å². The number of methoxy groups -OCH3 is 1. The highest BCUT2D eigenvalue weighted by Gasteiger charge is 2.21. The molecule has 0 atom stereocenters. The molecule has 3 aromatic rings. The summed E-state index contributed by atoms with van der Waals surface area (Å²) in [4.78, 5) is 9.12. The first-order valence-corrected chi connectivity index (χ1v) is 7.63. The molecule has 4 rings (SSSR count). The van der Waals surface area contributed by atoms with Gasteiger partial charge in [0.15, 0.2) is 5.82 Å². The van der Waals surface area contributed by atoms with Gasteiger partial charge in [0.2, 0.25) is 5.65 Å². The lowest BCUT2D eigenvalue weighted by Gasteiger charge is -2.36. The Kier molecular flexibility index (Phi) is 3.45. The predicted molar refractivity (Wildman–Crippen MR) is 88.2 cm³/mol. The molecule has 7 nitrogen and oxygen atoms in total. The Morgan fingerprint density at radius 1 is 1.09 bits per heavy atom. The molecule has 3 heterocycles. The summed E-state index contributed by atoms with van der Waals surface area (Å²) in [5.74, 6) is 1.79. The highest BCUT2D eigenvalue weighted by molar-refractivity contribution is 5.64. The van der Waals surface area contributed by atoms with E-state index in [-0.39, 0.29) is 0 Å². The van der Waals surface area contributed by atoms with Crippen molar-refractivity contribution in [1.29, 1.82) is 0 Å². The zero-order valence-corrected chi connectivity index (χ0v) is 13.0. The minimum absolute atomic E-state index is 0.808. The van der Waals surface area contributed by atoms with Crippen LogP contribution < -0.4 is 14.5 Å². The summed E-state index contributed by atoms with van der Waals surface area (Å²) in [6.07, 6.45) is 5.36. The van der Waals surface area contributed by atoms with Crippen molar-refractivity contribution < 1.29 is 4.74 Å². The van der Waals surface area contributed by atoms with Crippen LogP contribution in [0.15, 0.2) is 43.0 Å². The highest BCUT2D eigenvalue weighted by atomic mass is 16.5. The topological polar surface area (TPSA) is 58.8 Å². The van der Waals surface area contributed by atoms with Crippen LogP contribution in [0.25, 0.3) is 5.65 Å². The summed E-state index contributed by atoms with van der Waals surface area (Å²) >= 11 is 0. The van der Waals surface area contributed by atoms with Crippen molar-refractivity contribution in [2.45, 2.75) is 0 Å². The normalized spacial score (nSPS) is 15.2. The number of rotatable bonds is 3. The van der Waals surface area contributed by atoms with E-state index in [9.17, 15) is 0 Å². The lowest BCUT2D eigenvalue weighted by atomic mass is 10.2. The van der Waals surface area contributed by atoms with Crippen molar-refractivity contribution in [2.24, 2.45) is 0 Å². The smallest absolute Gasteiger partial charge is 0.203 e. The Bertz CT molecular complexity index is 809. The minimum atomic E-state index is 0.808. The van der Waals surface area contributed by atoms with Gasteiger partial charge in [-0.15, -0.1) is 10.2 Å². The molecule has 118 valence electrons. The Morgan fingerprint density at radius 2 is 1.91 bits per heavy atom. The first-order valence-electron chi connectivity index (χ1n) is 7.63. The summed E-state index contributed by atoms with van der Waals surface area (Å²) in [6.45, 7) is 3.67. The summed E-state index contributed by atoms with van der Waals surface area (Å²) in [5, 5.41) is 8.13. The number of hydrogen-bond donors (Lipinski definition) is 0. The van der Waals surface area contributed by atoms with Gasteiger partial charge >= 0.3 is 0 Å². The predicted octanol–water partition coefficient (Wildman–Crippen LogP) is 1.46. The van der Waals surface area contributed by atoms with Crippen molar-refractivity contribution in [3.63, 3.8) is 0 Å². The van der Waals surface area contributed by atoms with Gasteiger partial charge in [-0.2, -0.15) is 0 Å². The van der Waals surface area contributed by atoms with Crippen molar-refractivity contribution >= 4 is 17.2 Å². The lowest BCUT2D eigenvalue weighted by molar-refractivity contribution is 0.414. The molecule has 23 heavy (non-hydrogen) atoms. The van der Waals surface area contributed by atoms with E-state index in [4.69, 9.17) is 4.74 Å². The van der Waals surface area contributed by atoms with Crippen molar-refractivity contribution in [1.82, 2.24) is 19.6 Å².